The van der Waals surface area contributed by atoms with E-state index in [-0.39, 0.29) is 5.91 Å². The first-order valence-electron chi connectivity index (χ1n) is 8.27. The molecule has 1 aromatic heterocycles. The largest absolute Gasteiger partial charge is 0.381 e. The molecule has 2 aromatic rings. The Balaban J connectivity index is 1.64. The lowest BCUT2D eigenvalue weighted by Gasteiger charge is -2.26. The van der Waals surface area contributed by atoms with Crippen molar-refractivity contribution in [2.75, 3.05) is 18.4 Å². The Kier molecular flexibility index (Phi) is 4.91. The minimum Gasteiger partial charge on any atom is -0.381 e. The average molecular weight is 309 g/mol. The van der Waals surface area contributed by atoms with Crippen LogP contribution in [0.3, 0.4) is 0 Å². The van der Waals surface area contributed by atoms with Gasteiger partial charge in [-0.1, -0.05) is 29.8 Å². The lowest BCUT2D eigenvalue weighted by atomic mass is 10.1. The van der Waals surface area contributed by atoms with Crippen LogP contribution in [0.25, 0.3) is 0 Å². The molecule has 1 fully saturated rings. The number of hydrogen-bond donors (Lipinski definition) is 1. The fraction of sp³-hybridized carbons (Fsp3) is 0.368. The third kappa shape index (κ3) is 4.09. The van der Waals surface area contributed by atoms with Crippen LogP contribution in [-0.4, -0.2) is 28.9 Å². The molecule has 0 spiro atoms. The van der Waals surface area contributed by atoms with Gasteiger partial charge in [-0.3, -0.25) is 9.78 Å². The molecule has 1 amide bonds. The Bertz CT molecular complexity index is 661. The Morgan fingerprint density at radius 2 is 1.87 bits per heavy atom. The SMILES string of the molecule is Cc1ccc(CNc2ccnc(C(=O)N3CCCCC3)c2)cc1. The van der Waals surface area contributed by atoms with Crippen molar-refractivity contribution in [2.24, 2.45) is 0 Å². The van der Waals surface area contributed by atoms with Gasteiger partial charge in [0.25, 0.3) is 5.91 Å². The molecule has 1 aromatic carbocycles. The summed E-state index contributed by atoms with van der Waals surface area (Å²) < 4.78 is 0. The number of pyridine rings is 1. The molecule has 0 unspecified atom stereocenters. The highest BCUT2D eigenvalue weighted by atomic mass is 16.2. The molecule has 1 N–H and O–H groups in total. The van der Waals surface area contributed by atoms with Gasteiger partial charge in [-0.05, 0) is 43.9 Å². The van der Waals surface area contributed by atoms with Crippen LogP contribution in [0.5, 0.6) is 0 Å². The molecule has 0 saturated carbocycles. The van der Waals surface area contributed by atoms with Crippen molar-refractivity contribution in [1.29, 1.82) is 0 Å². The molecule has 0 bridgehead atoms. The monoisotopic (exact) mass is 309 g/mol. The number of nitrogens with one attached hydrogen (secondary N) is 1. The molecule has 1 saturated heterocycles. The van der Waals surface area contributed by atoms with E-state index in [1.807, 2.05) is 17.0 Å². The van der Waals surface area contributed by atoms with Crippen LogP contribution in [0.1, 0.15) is 40.9 Å². The van der Waals surface area contributed by atoms with Crippen LogP contribution in [-0.2, 0) is 6.54 Å². The quantitative estimate of drug-likeness (QED) is 0.938. The summed E-state index contributed by atoms with van der Waals surface area (Å²) in [5, 5.41) is 3.37. The van der Waals surface area contributed by atoms with Crippen LogP contribution in [0.4, 0.5) is 5.69 Å². The summed E-state index contributed by atoms with van der Waals surface area (Å²) in [6, 6.07) is 12.2. The number of hydrogen-bond acceptors (Lipinski definition) is 3. The number of likely N-dealkylation sites (tertiary alicyclic amines) is 1. The van der Waals surface area contributed by atoms with E-state index < -0.39 is 0 Å². The van der Waals surface area contributed by atoms with E-state index in [0.717, 1.165) is 38.2 Å². The van der Waals surface area contributed by atoms with Gasteiger partial charge in [0.05, 0.1) is 0 Å². The molecule has 4 heteroatoms. The molecule has 4 nitrogen and oxygen atoms in total. The first kappa shape index (κ1) is 15.5. The second-order valence-corrected chi connectivity index (χ2v) is 6.12. The topological polar surface area (TPSA) is 45.2 Å². The predicted octanol–water partition coefficient (Wildman–Crippen LogP) is 3.63. The molecule has 0 radical (unpaired) electrons. The second kappa shape index (κ2) is 7.27. The van der Waals surface area contributed by atoms with E-state index in [2.05, 4.69) is 41.5 Å². The van der Waals surface area contributed by atoms with Crippen molar-refractivity contribution < 1.29 is 4.79 Å². The van der Waals surface area contributed by atoms with Crippen LogP contribution in [0, 0.1) is 6.92 Å². The van der Waals surface area contributed by atoms with Crippen molar-refractivity contribution in [3.05, 3.63) is 59.4 Å². The smallest absolute Gasteiger partial charge is 0.272 e. The highest BCUT2D eigenvalue weighted by Crippen LogP contribution is 2.15. The summed E-state index contributed by atoms with van der Waals surface area (Å²) in [6.45, 7) is 4.52. The number of anilines is 1. The maximum absolute atomic E-state index is 12.5. The van der Waals surface area contributed by atoms with E-state index in [0.29, 0.717) is 5.69 Å². The lowest BCUT2D eigenvalue weighted by molar-refractivity contribution is 0.0718. The van der Waals surface area contributed by atoms with Gasteiger partial charge in [-0.15, -0.1) is 0 Å². The molecule has 3 rings (SSSR count). The standard InChI is InChI=1S/C19H23N3O/c1-15-5-7-16(8-6-15)14-21-17-9-10-20-18(13-17)19(23)22-11-3-2-4-12-22/h5-10,13H,2-4,11-12,14H2,1H3,(H,20,21). The number of amides is 1. The summed E-state index contributed by atoms with van der Waals surface area (Å²) in [7, 11) is 0. The number of benzene rings is 1. The Morgan fingerprint density at radius 1 is 1.13 bits per heavy atom. The molecule has 2 heterocycles. The van der Waals surface area contributed by atoms with Crippen LogP contribution < -0.4 is 5.32 Å². The number of rotatable bonds is 4. The van der Waals surface area contributed by atoms with Gasteiger partial charge in [0, 0.05) is 31.5 Å². The highest BCUT2D eigenvalue weighted by Gasteiger charge is 2.19. The van der Waals surface area contributed by atoms with Crippen molar-refractivity contribution in [3.63, 3.8) is 0 Å². The van der Waals surface area contributed by atoms with E-state index in [4.69, 9.17) is 0 Å². The van der Waals surface area contributed by atoms with Gasteiger partial charge in [0.1, 0.15) is 5.69 Å². The zero-order valence-electron chi connectivity index (χ0n) is 13.6. The van der Waals surface area contributed by atoms with E-state index in [1.165, 1.54) is 17.5 Å². The molecular formula is C19H23N3O. The van der Waals surface area contributed by atoms with Crippen molar-refractivity contribution in [1.82, 2.24) is 9.88 Å². The van der Waals surface area contributed by atoms with Crippen LogP contribution >= 0.6 is 0 Å². The third-order valence-corrected chi connectivity index (χ3v) is 4.24. The Hall–Kier alpha value is -2.36. The average Bonchev–Trinajstić information content (AvgIpc) is 2.61. The minimum atomic E-state index is 0.0451. The van der Waals surface area contributed by atoms with Crippen molar-refractivity contribution in [3.8, 4) is 0 Å². The first-order chi connectivity index (χ1) is 11.2. The van der Waals surface area contributed by atoms with Gasteiger partial charge in [0.15, 0.2) is 0 Å². The molecule has 0 aliphatic carbocycles. The third-order valence-electron chi connectivity index (χ3n) is 4.24. The van der Waals surface area contributed by atoms with Gasteiger partial charge >= 0.3 is 0 Å². The van der Waals surface area contributed by atoms with Gasteiger partial charge < -0.3 is 10.2 Å². The zero-order chi connectivity index (χ0) is 16.1. The summed E-state index contributed by atoms with van der Waals surface area (Å²) in [5.41, 5.74) is 3.94. The number of piperidine rings is 1. The normalized spacial score (nSPS) is 14.6. The highest BCUT2D eigenvalue weighted by molar-refractivity contribution is 5.93. The Labute approximate surface area is 137 Å². The molecule has 120 valence electrons. The molecule has 0 atom stereocenters. The second-order valence-electron chi connectivity index (χ2n) is 6.12. The summed E-state index contributed by atoms with van der Waals surface area (Å²) >= 11 is 0. The minimum absolute atomic E-state index is 0.0451. The number of carbonyl (C=O) groups excluding carboxylic acids is 1. The zero-order valence-corrected chi connectivity index (χ0v) is 13.6. The van der Waals surface area contributed by atoms with Crippen molar-refractivity contribution >= 4 is 11.6 Å². The van der Waals surface area contributed by atoms with Crippen molar-refractivity contribution in [2.45, 2.75) is 32.7 Å². The van der Waals surface area contributed by atoms with Gasteiger partial charge in [0.2, 0.25) is 0 Å². The van der Waals surface area contributed by atoms with E-state index >= 15 is 0 Å². The van der Waals surface area contributed by atoms with Gasteiger partial charge in [-0.25, -0.2) is 0 Å². The first-order valence-corrected chi connectivity index (χ1v) is 8.27. The van der Waals surface area contributed by atoms with Crippen LogP contribution in [0.2, 0.25) is 0 Å². The predicted molar refractivity (Wildman–Crippen MR) is 92.5 cm³/mol. The van der Waals surface area contributed by atoms with E-state index in [1.54, 1.807) is 6.20 Å². The van der Waals surface area contributed by atoms with Crippen LogP contribution in [0.15, 0.2) is 42.6 Å². The molecular weight excluding hydrogens is 286 g/mol. The van der Waals surface area contributed by atoms with Gasteiger partial charge in [-0.2, -0.15) is 0 Å². The maximum Gasteiger partial charge on any atom is 0.272 e. The fourth-order valence-electron chi connectivity index (χ4n) is 2.83. The number of aromatic nitrogens is 1. The summed E-state index contributed by atoms with van der Waals surface area (Å²) in [4.78, 5) is 18.7. The maximum atomic E-state index is 12.5. The lowest BCUT2D eigenvalue weighted by Crippen LogP contribution is -2.36. The summed E-state index contributed by atoms with van der Waals surface area (Å²) in [6.07, 6.45) is 5.11. The number of nitrogens with zero attached hydrogens (tertiary/aromatic N) is 2. The number of aryl methyl sites for hydroxylation is 1. The summed E-state index contributed by atoms with van der Waals surface area (Å²) in [5.74, 6) is 0.0451. The molecule has 23 heavy (non-hydrogen) atoms. The van der Waals surface area contributed by atoms with E-state index in [9.17, 15) is 4.79 Å². The molecule has 1 aliphatic heterocycles. The molecule has 1 aliphatic rings. The Morgan fingerprint density at radius 3 is 2.61 bits per heavy atom. The fourth-order valence-corrected chi connectivity index (χ4v) is 2.83. The number of carbonyl (C=O) groups is 1.